The average Bonchev–Trinajstić information content (AvgIpc) is 3.14. The smallest absolute Gasteiger partial charge is 0.307 e. The Kier molecular flexibility index (Phi) is 3.68. The number of aromatic nitrogens is 3. The Morgan fingerprint density at radius 1 is 1.48 bits per heavy atom. The SMILES string of the molecule is CCC1CC(C(=O)O)C(c2nc(-c3cccnc3)no2)C1. The van der Waals surface area contributed by atoms with Crippen LogP contribution in [0.2, 0.25) is 0 Å². The molecule has 1 saturated carbocycles. The number of carbonyl (C=O) groups is 1. The topological polar surface area (TPSA) is 89.1 Å². The Morgan fingerprint density at radius 3 is 3.00 bits per heavy atom. The first-order chi connectivity index (χ1) is 10.2. The molecule has 0 spiro atoms. The van der Waals surface area contributed by atoms with Crippen LogP contribution < -0.4 is 0 Å². The first-order valence-electron chi connectivity index (χ1n) is 7.15. The van der Waals surface area contributed by atoms with Crippen molar-refractivity contribution in [1.29, 1.82) is 0 Å². The molecule has 110 valence electrons. The van der Waals surface area contributed by atoms with Crippen LogP contribution in [0.4, 0.5) is 0 Å². The number of hydrogen-bond acceptors (Lipinski definition) is 5. The van der Waals surface area contributed by atoms with E-state index in [1.165, 1.54) is 0 Å². The molecule has 0 saturated heterocycles. The summed E-state index contributed by atoms with van der Waals surface area (Å²) in [5, 5.41) is 13.3. The van der Waals surface area contributed by atoms with Gasteiger partial charge in [0.1, 0.15) is 0 Å². The molecule has 0 aromatic carbocycles. The molecule has 3 rings (SSSR count). The summed E-state index contributed by atoms with van der Waals surface area (Å²) in [6.45, 7) is 2.08. The third kappa shape index (κ3) is 2.66. The maximum atomic E-state index is 11.4. The summed E-state index contributed by atoms with van der Waals surface area (Å²) in [4.78, 5) is 19.8. The number of pyridine rings is 1. The lowest BCUT2D eigenvalue weighted by atomic mass is 9.96. The van der Waals surface area contributed by atoms with Gasteiger partial charge in [0.15, 0.2) is 0 Å². The molecular weight excluding hydrogens is 270 g/mol. The second kappa shape index (κ2) is 5.63. The Labute approximate surface area is 122 Å². The molecule has 3 atom stereocenters. The van der Waals surface area contributed by atoms with Crippen LogP contribution in [0.1, 0.15) is 38.0 Å². The molecule has 2 aromatic rings. The van der Waals surface area contributed by atoms with Crippen LogP contribution in [-0.4, -0.2) is 26.2 Å². The third-order valence-electron chi connectivity index (χ3n) is 4.23. The fourth-order valence-corrected chi connectivity index (χ4v) is 3.02. The monoisotopic (exact) mass is 287 g/mol. The summed E-state index contributed by atoms with van der Waals surface area (Å²) in [6, 6.07) is 3.65. The van der Waals surface area contributed by atoms with Crippen LogP contribution in [0.25, 0.3) is 11.4 Å². The van der Waals surface area contributed by atoms with E-state index in [-0.39, 0.29) is 5.92 Å². The van der Waals surface area contributed by atoms with Crippen molar-refractivity contribution in [2.24, 2.45) is 11.8 Å². The Hall–Kier alpha value is -2.24. The van der Waals surface area contributed by atoms with Crippen molar-refractivity contribution in [2.45, 2.75) is 32.1 Å². The van der Waals surface area contributed by atoms with Crippen molar-refractivity contribution in [3.8, 4) is 11.4 Å². The predicted octanol–water partition coefficient (Wildman–Crippen LogP) is 2.74. The molecule has 0 aliphatic heterocycles. The van der Waals surface area contributed by atoms with Gasteiger partial charge >= 0.3 is 5.97 Å². The second-order valence-electron chi connectivity index (χ2n) is 5.49. The molecule has 1 N–H and O–H groups in total. The van der Waals surface area contributed by atoms with E-state index < -0.39 is 11.9 Å². The molecule has 6 nitrogen and oxygen atoms in total. The summed E-state index contributed by atoms with van der Waals surface area (Å²) in [6.07, 6.45) is 5.79. The van der Waals surface area contributed by atoms with Gasteiger partial charge in [-0.15, -0.1) is 0 Å². The van der Waals surface area contributed by atoms with Crippen molar-refractivity contribution in [1.82, 2.24) is 15.1 Å². The first kappa shape index (κ1) is 13.7. The lowest BCUT2D eigenvalue weighted by Crippen LogP contribution is -2.17. The molecule has 1 fully saturated rings. The molecular formula is C15H17N3O3. The highest BCUT2D eigenvalue weighted by molar-refractivity contribution is 5.71. The predicted molar refractivity (Wildman–Crippen MR) is 74.4 cm³/mol. The largest absolute Gasteiger partial charge is 0.481 e. The molecule has 0 bridgehead atoms. The van der Waals surface area contributed by atoms with Gasteiger partial charge in [-0.2, -0.15) is 4.98 Å². The van der Waals surface area contributed by atoms with Gasteiger partial charge < -0.3 is 9.63 Å². The Bertz CT molecular complexity index is 626. The lowest BCUT2D eigenvalue weighted by molar-refractivity contribution is -0.142. The minimum absolute atomic E-state index is 0.189. The van der Waals surface area contributed by atoms with Gasteiger partial charge in [0, 0.05) is 18.0 Å². The highest BCUT2D eigenvalue weighted by Crippen LogP contribution is 2.44. The van der Waals surface area contributed by atoms with Gasteiger partial charge in [0.25, 0.3) is 0 Å². The van der Waals surface area contributed by atoms with E-state index in [9.17, 15) is 9.90 Å². The first-order valence-corrected chi connectivity index (χ1v) is 7.15. The summed E-state index contributed by atoms with van der Waals surface area (Å²) in [7, 11) is 0. The number of rotatable bonds is 4. The molecule has 6 heteroatoms. The number of nitrogens with zero attached hydrogens (tertiary/aromatic N) is 3. The van der Waals surface area contributed by atoms with Gasteiger partial charge in [0.05, 0.1) is 11.8 Å². The maximum Gasteiger partial charge on any atom is 0.307 e. The van der Waals surface area contributed by atoms with E-state index in [0.717, 1.165) is 18.4 Å². The van der Waals surface area contributed by atoms with Gasteiger partial charge in [-0.3, -0.25) is 9.78 Å². The van der Waals surface area contributed by atoms with Gasteiger partial charge in [-0.05, 0) is 30.9 Å². The standard InChI is InChI=1S/C15H17N3O3/c1-2-9-6-11(12(7-9)15(19)20)14-17-13(18-21-14)10-4-3-5-16-8-10/h3-5,8-9,11-12H,2,6-7H2,1H3,(H,19,20). The van der Waals surface area contributed by atoms with Crippen LogP contribution in [0.3, 0.4) is 0 Å². The van der Waals surface area contributed by atoms with Crippen LogP contribution in [0.5, 0.6) is 0 Å². The minimum Gasteiger partial charge on any atom is -0.481 e. The molecule has 1 aliphatic rings. The molecule has 0 radical (unpaired) electrons. The number of carboxylic acids is 1. The summed E-state index contributed by atoms with van der Waals surface area (Å²) < 4.78 is 5.32. The van der Waals surface area contributed by atoms with Gasteiger partial charge in [-0.25, -0.2) is 0 Å². The molecule has 21 heavy (non-hydrogen) atoms. The van der Waals surface area contributed by atoms with Gasteiger partial charge in [0.2, 0.25) is 11.7 Å². The van der Waals surface area contributed by atoms with E-state index in [2.05, 4.69) is 22.0 Å². The molecule has 3 unspecified atom stereocenters. The number of carboxylic acid groups (broad SMARTS) is 1. The Balaban J connectivity index is 1.87. The normalized spacial score (nSPS) is 25.1. The van der Waals surface area contributed by atoms with E-state index in [0.29, 0.717) is 24.1 Å². The van der Waals surface area contributed by atoms with E-state index >= 15 is 0 Å². The summed E-state index contributed by atoms with van der Waals surface area (Å²) in [5.74, 6) is -0.108. The number of hydrogen-bond donors (Lipinski definition) is 1. The average molecular weight is 287 g/mol. The summed E-state index contributed by atoms with van der Waals surface area (Å²) in [5.41, 5.74) is 0.768. The third-order valence-corrected chi connectivity index (χ3v) is 4.23. The maximum absolute atomic E-state index is 11.4. The molecule has 2 aromatic heterocycles. The van der Waals surface area contributed by atoms with Gasteiger partial charge in [-0.1, -0.05) is 18.5 Å². The molecule has 0 amide bonds. The van der Waals surface area contributed by atoms with E-state index in [4.69, 9.17) is 4.52 Å². The Morgan fingerprint density at radius 2 is 2.33 bits per heavy atom. The van der Waals surface area contributed by atoms with Crippen molar-refractivity contribution >= 4 is 5.97 Å². The van der Waals surface area contributed by atoms with E-state index in [1.54, 1.807) is 18.5 Å². The zero-order valence-electron chi connectivity index (χ0n) is 11.8. The zero-order chi connectivity index (χ0) is 14.8. The van der Waals surface area contributed by atoms with E-state index in [1.807, 2.05) is 6.07 Å². The van der Waals surface area contributed by atoms with Crippen molar-refractivity contribution in [2.75, 3.05) is 0 Å². The number of aliphatic carboxylic acids is 1. The van der Waals surface area contributed by atoms with Crippen LogP contribution in [0.15, 0.2) is 29.0 Å². The lowest BCUT2D eigenvalue weighted by Gasteiger charge is -2.09. The summed E-state index contributed by atoms with van der Waals surface area (Å²) >= 11 is 0. The highest BCUT2D eigenvalue weighted by atomic mass is 16.5. The molecule has 1 aliphatic carbocycles. The quantitative estimate of drug-likeness (QED) is 0.930. The van der Waals surface area contributed by atoms with Crippen LogP contribution >= 0.6 is 0 Å². The fourth-order valence-electron chi connectivity index (χ4n) is 3.02. The van der Waals surface area contributed by atoms with Crippen LogP contribution in [-0.2, 0) is 4.79 Å². The van der Waals surface area contributed by atoms with Crippen molar-refractivity contribution in [3.63, 3.8) is 0 Å². The van der Waals surface area contributed by atoms with Crippen molar-refractivity contribution < 1.29 is 14.4 Å². The highest BCUT2D eigenvalue weighted by Gasteiger charge is 2.42. The van der Waals surface area contributed by atoms with Crippen LogP contribution in [0, 0.1) is 11.8 Å². The molecule has 2 heterocycles. The second-order valence-corrected chi connectivity index (χ2v) is 5.49. The minimum atomic E-state index is -0.780. The fraction of sp³-hybridized carbons (Fsp3) is 0.467. The van der Waals surface area contributed by atoms with Crippen molar-refractivity contribution in [3.05, 3.63) is 30.4 Å². The zero-order valence-corrected chi connectivity index (χ0v) is 11.8.